The molecule has 1 amide bonds. The number of aryl methyl sites for hydroxylation is 2. The smallest absolute Gasteiger partial charge is 0.290 e. The van der Waals surface area contributed by atoms with Gasteiger partial charge >= 0.3 is 0 Å². The highest BCUT2D eigenvalue weighted by atomic mass is 16.5. The molecule has 0 aliphatic carbocycles. The van der Waals surface area contributed by atoms with Gasteiger partial charge in [-0.25, -0.2) is 0 Å². The van der Waals surface area contributed by atoms with E-state index in [-0.39, 0.29) is 23.2 Å². The molecule has 4 rings (SSSR count). The molecule has 3 aromatic rings. The molecule has 1 aromatic heterocycles. The number of hydrogen-bond acceptors (Lipinski definition) is 4. The maximum Gasteiger partial charge on any atom is 0.290 e. The van der Waals surface area contributed by atoms with Crippen LogP contribution in [0.5, 0.6) is 0 Å². The second kappa shape index (κ2) is 8.07. The molecule has 156 valence electrons. The summed E-state index contributed by atoms with van der Waals surface area (Å²) in [7, 11) is 0. The zero-order valence-electron chi connectivity index (χ0n) is 17.9. The molecular weight excluding hydrogens is 378 g/mol. The van der Waals surface area contributed by atoms with Gasteiger partial charge in [0.25, 0.3) is 5.91 Å². The number of nitrogens with zero attached hydrogens (tertiary/aromatic N) is 1. The largest absolute Gasteiger partial charge is 0.450 e. The second-order valence-corrected chi connectivity index (χ2v) is 8.26. The predicted molar refractivity (Wildman–Crippen MR) is 117 cm³/mol. The highest BCUT2D eigenvalue weighted by Crippen LogP contribution is 2.38. The van der Waals surface area contributed by atoms with E-state index in [1.54, 1.807) is 11.0 Å². The number of rotatable bonds is 6. The number of benzene rings is 2. The van der Waals surface area contributed by atoms with Crippen LogP contribution in [0.2, 0.25) is 0 Å². The Labute approximate surface area is 176 Å². The Hall–Kier alpha value is -2.92. The molecule has 0 bridgehead atoms. The van der Waals surface area contributed by atoms with Gasteiger partial charge in [-0.15, -0.1) is 0 Å². The first-order valence-electron chi connectivity index (χ1n) is 10.4. The van der Waals surface area contributed by atoms with Crippen LogP contribution in [0.15, 0.2) is 51.7 Å². The number of carbonyl (C=O) groups is 1. The fourth-order valence-corrected chi connectivity index (χ4v) is 4.01. The Morgan fingerprint density at radius 3 is 2.43 bits per heavy atom. The molecule has 2 heterocycles. The van der Waals surface area contributed by atoms with E-state index in [0.717, 1.165) is 16.7 Å². The highest BCUT2D eigenvalue weighted by molar-refractivity contribution is 5.99. The van der Waals surface area contributed by atoms with Crippen LogP contribution in [0.3, 0.4) is 0 Å². The van der Waals surface area contributed by atoms with Crippen molar-refractivity contribution >= 4 is 16.9 Å². The number of fused-ring (bicyclic) bond motifs is 2. The van der Waals surface area contributed by atoms with Crippen molar-refractivity contribution in [1.82, 2.24) is 4.90 Å². The van der Waals surface area contributed by atoms with E-state index in [0.29, 0.717) is 36.1 Å². The van der Waals surface area contributed by atoms with Gasteiger partial charge in [-0.1, -0.05) is 41.5 Å². The first-order valence-corrected chi connectivity index (χ1v) is 10.4. The lowest BCUT2D eigenvalue weighted by Gasteiger charge is -2.25. The molecule has 30 heavy (non-hydrogen) atoms. The predicted octanol–water partition coefficient (Wildman–Crippen LogP) is 4.77. The molecule has 0 radical (unpaired) electrons. The van der Waals surface area contributed by atoms with Crippen LogP contribution in [0, 0.1) is 13.8 Å². The first kappa shape index (κ1) is 20.4. The lowest BCUT2D eigenvalue weighted by molar-refractivity contribution is 0.0593. The van der Waals surface area contributed by atoms with E-state index >= 15 is 0 Å². The van der Waals surface area contributed by atoms with Crippen molar-refractivity contribution in [3.8, 4) is 0 Å². The van der Waals surface area contributed by atoms with Crippen LogP contribution in [0.1, 0.15) is 59.1 Å². The van der Waals surface area contributed by atoms with Crippen LogP contribution in [-0.2, 0) is 4.74 Å². The monoisotopic (exact) mass is 405 g/mol. The van der Waals surface area contributed by atoms with Gasteiger partial charge in [-0.05, 0) is 51.8 Å². The highest BCUT2D eigenvalue weighted by Gasteiger charge is 2.42. The van der Waals surface area contributed by atoms with Crippen LogP contribution in [0.25, 0.3) is 11.0 Å². The maximum atomic E-state index is 13.5. The maximum absolute atomic E-state index is 13.5. The SMILES string of the molecule is Cc1ccc(C2c3c(oc4ccc(C)cc4c3=O)C(=O)N2CCCOC(C)C)cc1. The van der Waals surface area contributed by atoms with E-state index in [2.05, 4.69) is 0 Å². The number of carbonyl (C=O) groups excluding carboxylic acids is 1. The standard InChI is InChI=1S/C25H27NO4/c1-15(2)29-13-5-12-26-22(18-9-6-16(3)7-10-18)21-23(27)19-14-17(4)8-11-20(19)30-24(21)25(26)28/h6-11,14-15,22H,5,12-13H2,1-4H3. The Kier molecular flexibility index (Phi) is 5.48. The topological polar surface area (TPSA) is 59.8 Å². The summed E-state index contributed by atoms with van der Waals surface area (Å²) in [6, 6.07) is 13.0. The zero-order valence-corrected chi connectivity index (χ0v) is 17.9. The molecule has 0 N–H and O–H groups in total. The van der Waals surface area contributed by atoms with Gasteiger partial charge in [0.05, 0.1) is 23.1 Å². The summed E-state index contributed by atoms with van der Waals surface area (Å²) in [5, 5.41) is 0.517. The third-order valence-electron chi connectivity index (χ3n) is 5.51. The third kappa shape index (κ3) is 3.65. The first-order chi connectivity index (χ1) is 14.4. The molecule has 1 unspecified atom stereocenters. The van der Waals surface area contributed by atoms with Gasteiger partial charge in [0.15, 0.2) is 5.43 Å². The van der Waals surface area contributed by atoms with Gasteiger partial charge in [-0.3, -0.25) is 9.59 Å². The molecule has 0 saturated heterocycles. The fourth-order valence-electron chi connectivity index (χ4n) is 4.01. The van der Waals surface area contributed by atoms with Crippen LogP contribution < -0.4 is 5.43 Å². The number of hydrogen-bond donors (Lipinski definition) is 0. The van der Waals surface area contributed by atoms with E-state index in [1.165, 1.54) is 0 Å². The van der Waals surface area contributed by atoms with Crippen molar-refractivity contribution in [2.45, 2.75) is 46.3 Å². The minimum absolute atomic E-state index is 0.130. The van der Waals surface area contributed by atoms with Gasteiger partial charge in [0.2, 0.25) is 5.76 Å². The van der Waals surface area contributed by atoms with Crippen LogP contribution >= 0.6 is 0 Å². The lowest BCUT2D eigenvalue weighted by atomic mass is 9.97. The van der Waals surface area contributed by atoms with Crippen molar-refractivity contribution in [2.75, 3.05) is 13.2 Å². The van der Waals surface area contributed by atoms with E-state index in [1.807, 2.05) is 64.1 Å². The second-order valence-electron chi connectivity index (χ2n) is 8.26. The summed E-state index contributed by atoms with van der Waals surface area (Å²) in [5.74, 6) is -0.0774. The molecular formula is C25H27NO4. The summed E-state index contributed by atoms with van der Waals surface area (Å²) in [5.41, 5.74) is 3.78. The molecule has 1 aliphatic rings. The quantitative estimate of drug-likeness (QED) is 0.554. The van der Waals surface area contributed by atoms with Crippen LogP contribution in [0.4, 0.5) is 0 Å². The summed E-state index contributed by atoms with van der Waals surface area (Å²) in [4.78, 5) is 28.5. The Morgan fingerprint density at radius 1 is 1.03 bits per heavy atom. The van der Waals surface area contributed by atoms with Crippen molar-refractivity contribution in [1.29, 1.82) is 0 Å². The zero-order chi connectivity index (χ0) is 21.4. The van der Waals surface area contributed by atoms with Crippen LogP contribution in [-0.4, -0.2) is 30.1 Å². The number of amides is 1. The molecule has 0 spiro atoms. The molecule has 1 atom stereocenters. The average Bonchev–Trinajstić information content (AvgIpc) is 2.99. The molecule has 5 heteroatoms. The number of ether oxygens (including phenoxy) is 1. The summed E-state index contributed by atoms with van der Waals surface area (Å²) < 4.78 is 11.6. The average molecular weight is 405 g/mol. The van der Waals surface area contributed by atoms with E-state index < -0.39 is 6.04 Å². The van der Waals surface area contributed by atoms with Crippen molar-refractivity contribution < 1.29 is 13.9 Å². The minimum Gasteiger partial charge on any atom is -0.450 e. The Bertz CT molecular complexity index is 1140. The lowest BCUT2D eigenvalue weighted by Crippen LogP contribution is -2.31. The molecule has 2 aromatic carbocycles. The molecule has 5 nitrogen and oxygen atoms in total. The van der Waals surface area contributed by atoms with Gasteiger partial charge < -0.3 is 14.1 Å². The van der Waals surface area contributed by atoms with Crippen molar-refractivity contribution in [2.24, 2.45) is 0 Å². The molecule has 0 fully saturated rings. The molecule has 1 aliphatic heterocycles. The van der Waals surface area contributed by atoms with Gasteiger partial charge in [0.1, 0.15) is 5.58 Å². The van der Waals surface area contributed by atoms with E-state index in [9.17, 15) is 9.59 Å². The van der Waals surface area contributed by atoms with Gasteiger partial charge in [-0.2, -0.15) is 0 Å². The normalized spacial score (nSPS) is 16.0. The van der Waals surface area contributed by atoms with Crippen molar-refractivity contribution in [3.05, 3.63) is 80.7 Å². The molecule has 0 saturated carbocycles. The minimum atomic E-state index is -0.451. The fraction of sp³-hybridized carbons (Fsp3) is 0.360. The van der Waals surface area contributed by atoms with Gasteiger partial charge in [0, 0.05) is 13.2 Å². The third-order valence-corrected chi connectivity index (χ3v) is 5.51. The summed E-state index contributed by atoms with van der Waals surface area (Å²) in [6.07, 6.45) is 0.828. The van der Waals surface area contributed by atoms with Crippen molar-refractivity contribution in [3.63, 3.8) is 0 Å². The Balaban J connectivity index is 1.81. The summed E-state index contributed by atoms with van der Waals surface area (Å²) in [6.45, 7) is 8.98. The van der Waals surface area contributed by atoms with E-state index in [4.69, 9.17) is 9.15 Å². The summed E-state index contributed by atoms with van der Waals surface area (Å²) >= 11 is 0. The Morgan fingerprint density at radius 2 is 1.73 bits per heavy atom.